The number of halogens is 1. The second-order valence-corrected chi connectivity index (χ2v) is 5.32. The average molecular weight is 322 g/mol. The molecule has 1 heterocycles. The van der Waals surface area contributed by atoms with Crippen molar-refractivity contribution in [2.75, 3.05) is 11.9 Å². The zero-order chi connectivity index (χ0) is 13.7. The summed E-state index contributed by atoms with van der Waals surface area (Å²) < 4.78 is 0. The zero-order valence-electron chi connectivity index (χ0n) is 10.8. The molecule has 5 heteroatoms. The summed E-state index contributed by atoms with van der Waals surface area (Å²) in [6, 6.07) is 5.46. The van der Waals surface area contributed by atoms with Gasteiger partial charge in [0, 0.05) is 24.3 Å². The molecule has 0 radical (unpaired) electrons. The molecule has 2 aromatic rings. The normalized spacial score (nSPS) is 12.3. The number of nitrogens with one attached hydrogen (secondary N) is 1. The molecule has 2 rings (SSSR count). The summed E-state index contributed by atoms with van der Waals surface area (Å²) in [5.41, 5.74) is 1.97. The first kappa shape index (κ1) is 13.9. The van der Waals surface area contributed by atoms with E-state index < -0.39 is 0 Å². The number of fused-ring (bicyclic) bond motifs is 1. The number of amides is 1. The Kier molecular flexibility index (Phi) is 4.85. The van der Waals surface area contributed by atoms with E-state index in [4.69, 9.17) is 0 Å². The van der Waals surface area contributed by atoms with Crippen LogP contribution in [0.25, 0.3) is 11.0 Å². The van der Waals surface area contributed by atoms with Crippen LogP contribution in [-0.2, 0) is 0 Å². The summed E-state index contributed by atoms with van der Waals surface area (Å²) in [7, 11) is 0. The molecule has 100 valence electrons. The second-order valence-electron chi connectivity index (χ2n) is 4.52. The van der Waals surface area contributed by atoms with Gasteiger partial charge in [0.2, 0.25) is 0 Å². The van der Waals surface area contributed by atoms with Crippen LogP contribution in [0.5, 0.6) is 0 Å². The molecule has 19 heavy (non-hydrogen) atoms. The maximum absolute atomic E-state index is 12.2. The van der Waals surface area contributed by atoms with Crippen LogP contribution in [0, 0.1) is 5.92 Å². The first-order chi connectivity index (χ1) is 9.22. The molecule has 1 atom stereocenters. The van der Waals surface area contributed by atoms with E-state index in [0.717, 1.165) is 17.3 Å². The number of para-hydroxylation sites is 1. The number of hydrogen-bond acceptors (Lipinski definition) is 3. The van der Waals surface area contributed by atoms with Gasteiger partial charge in [-0.15, -0.1) is 0 Å². The number of benzene rings is 1. The smallest absolute Gasteiger partial charge is 0.253 e. The fraction of sp³-hybridized carbons (Fsp3) is 0.357. The van der Waals surface area contributed by atoms with Crippen molar-refractivity contribution < 1.29 is 4.79 Å². The summed E-state index contributed by atoms with van der Waals surface area (Å²) in [4.78, 5) is 20.6. The fourth-order valence-electron chi connectivity index (χ4n) is 1.83. The van der Waals surface area contributed by atoms with E-state index in [9.17, 15) is 4.79 Å². The minimum Gasteiger partial charge on any atom is -0.352 e. The molecule has 0 saturated heterocycles. The lowest BCUT2D eigenvalue weighted by Gasteiger charge is -2.11. The van der Waals surface area contributed by atoms with Gasteiger partial charge in [0.25, 0.3) is 5.91 Å². The summed E-state index contributed by atoms with van der Waals surface area (Å²) in [6.45, 7) is 2.78. The van der Waals surface area contributed by atoms with Crippen LogP contribution in [0.1, 0.15) is 23.7 Å². The van der Waals surface area contributed by atoms with Crippen molar-refractivity contribution in [3.63, 3.8) is 0 Å². The van der Waals surface area contributed by atoms with Crippen LogP contribution in [0.3, 0.4) is 0 Å². The third-order valence-electron chi connectivity index (χ3n) is 2.96. The molecule has 0 spiro atoms. The second kappa shape index (κ2) is 6.61. The van der Waals surface area contributed by atoms with E-state index in [1.165, 1.54) is 0 Å². The molecule has 0 aliphatic carbocycles. The summed E-state index contributed by atoms with van der Waals surface area (Å²) >= 11 is 3.40. The number of carbonyl (C=O) groups excluding carboxylic acids is 1. The predicted octanol–water partition coefficient (Wildman–Crippen LogP) is 2.78. The van der Waals surface area contributed by atoms with Gasteiger partial charge >= 0.3 is 0 Å². The van der Waals surface area contributed by atoms with Gasteiger partial charge in [0.05, 0.1) is 11.1 Å². The van der Waals surface area contributed by atoms with Crippen molar-refractivity contribution in [3.8, 4) is 0 Å². The Morgan fingerprint density at radius 2 is 2.16 bits per heavy atom. The highest BCUT2D eigenvalue weighted by atomic mass is 79.9. The van der Waals surface area contributed by atoms with E-state index in [1.807, 2.05) is 12.1 Å². The van der Waals surface area contributed by atoms with E-state index in [0.29, 0.717) is 23.5 Å². The standard InChI is InChI=1S/C14H16BrN3O/c1-10(5-6-15)9-18-14(19)11-3-2-4-12-13(11)17-8-7-16-12/h2-4,7-8,10H,5-6,9H2,1H3,(H,18,19). The summed E-state index contributed by atoms with van der Waals surface area (Å²) in [5.74, 6) is 0.358. The lowest BCUT2D eigenvalue weighted by Crippen LogP contribution is -2.28. The zero-order valence-corrected chi connectivity index (χ0v) is 12.4. The van der Waals surface area contributed by atoms with Crippen LogP contribution in [0.15, 0.2) is 30.6 Å². The molecule has 4 nitrogen and oxygen atoms in total. The Morgan fingerprint density at radius 1 is 1.37 bits per heavy atom. The molecule has 0 saturated carbocycles. The van der Waals surface area contributed by atoms with Crippen LogP contribution < -0.4 is 5.32 Å². The molecule has 0 fully saturated rings. The number of rotatable bonds is 5. The van der Waals surface area contributed by atoms with Crippen molar-refractivity contribution in [3.05, 3.63) is 36.2 Å². The van der Waals surface area contributed by atoms with Crippen molar-refractivity contribution in [2.45, 2.75) is 13.3 Å². The average Bonchev–Trinajstić information content (AvgIpc) is 2.44. The van der Waals surface area contributed by atoms with Crippen molar-refractivity contribution in [1.29, 1.82) is 0 Å². The largest absolute Gasteiger partial charge is 0.352 e. The van der Waals surface area contributed by atoms with E-state index in [-0.39, 0.29) is 5.91 Å². The third kappa shape index (κ3) is 3.50. The quantitative estimate of drug-likeness (QED) is 0.861. The van der Waals surface area contributed by atoms with Crippen molar-refractivity contribution in [2.24, 2.45) is 5.92 Å². The summed E-state index contributed by atoms with van der Waals surface area (Å²) in [5, 5.41) is 3.90. The molecular formula is C14H16BrN3O. The van der Waals surface area contributed by atoms with Gasteiger partial charge in [-0.05, 0) is 24.5 Å². The number of carbonyl (C=O) groups is 1. The molecule has 0 aliphatic rings. The van der Waals surface area contributed by atoms with E-state index in [1.54, 1.807) is 18.5 Å². The van der Waals surface area contributed by atoms with Crippen LogP contribution in [0.2, 0.25) is 0 Å². The number of aromatic nitrogens is 2. The lowest BCUT2D eigenvalue weighted by atomic mass is 10.1. The number of hydrogen-bond donors (Lipinski definition) is 1. The highest BCUT2D eigenvalue weighted by molar-refractivity contribution is 9.09. The van der Waals surface area contributed by atoms with Crippen LogP contribution in [-0.4, -0.2) is 27.7 Å². The monoisotopic (exact) mass is 321 g/mol. The minimum atomic E-state index is -0.0903. The fourth-order valence-corrected chi connectivity index (χ4v) is 2.61. The Morgan fingerprint density at radius 3 is 2.95 bits per heavy atom. The molecular weight excluding hydrogens is 306 g/mol. The molecule has 1 unspecified atom stereocenters. The first-order valence-electron chi connectivity index (χ1n) is 6.26. The minimum absolute atomic E-state index is 0.0903. The van der Waals surface area contributed by atoms with Gasteiger partial charge in [-0.1, -0.05) is 28.9 Å². The maximum Gasteiger partial charge on any atom is 0.253 e. The third-order valence-corrected chi connectivity index (χ3v) is 3.41. The topological polar surface area (TPSA) is 54.9 Å². The van der Waals surface area contributed by atoms with E-state index in [2.05, 4.69) is 38.1 Å². The van der Waals surface area contributed by atoms with Gasteiger partial charge in [-0.2, -0.15) is 0 Å². The number of nitrogens with zero attached hydrogens (tertiary/aromatic N) is 2. The van der Waals surface area contributed by atoms with Crippen LogP contribution in [0.4, 0.5) is 0 Å². The molecule has 0 aliphatic heterocycles. The van der Waals surface area contributed by atoms with Gasteiger partial charge in [-0.25, -0.2) is 0 Å². The van der Waals surface area contributed by atoms with Gasteiger partial charge in [0.15, 0.2) is 0 Å². The first-order valence-corrected chi connectivity index (χ1v) is 7.38. The molecule has 1 aromatic carbocycles. The predicted molar refractivity (Wildman–Crippen MR) is 79.4 cm³/mol. The SMILES string of the molecule is CC(CCBr)CNC(=O)c1cccc2nccnc12. The highest BCUT2D eigenvalue weighted by Gasteiger charge is 2.12. The van der Waals surface area contributed by atoms with Crippen molar-refractivity contribution in [1.82, 2.24) is 15.3 Å². The van der Waals surface area contributed by atoms with Gasteiger partial charge < -0.3 is 5.32 Å². The Hall–Kier alpha value is -1.49. The molecule has 1 aromatic heterocycles. The Balaban J connectivity index is 2.13. The lowest BCUT2D eigenvalue weighted by molar-refractivity contribution is 0.0949. The van der Waals surface area contributed by atoms with Crippen molar-refractivity contribution >= 4 is 32.9 Å². The molecule has 1 amide bonds. The maximum atomic E-state index is 12.2. The van der Waals surface area contributed by atoms with Crippen LogP contribution >= 0.6 is 15.9 Å². The molecule has 0 bridgehead atoms. The Labute approximate surface area is 120 Å². The van der Waals surface area contributed by atoms with Gasteiger partial charge in [0.1, 0.15) is 5.52 Å². The highest BCUT2D eigenvalue weighted by Crippen LogP contribution is 2.13. The molecule has 1 N–H and O–H groups in total. The summed E-state index contributed by atoms with van der Waals surface area (Å²) in [6.07, 6.45) is 4.27. The number of alkyl halides is 1. The Bertz CT molecular complexity index is 568. The van der Waals surface area contributed by atoms with E-state index >= 15 is 0 Å². The van der Waals surface area contributed by atoms with Gasteiger partial charge in [-0.3, -0.25) is 14.8 Å².